The quantitative estimate of drug-likeness (QED) is 0.389. The van der Waals surface area contributed by atoms with E-state index in [9.17, 15) is 4.79 Å². The molecule has 4 heteroatoms. The van der Waals surface area contributed by atoms with E-state index in [0.29, 0.717) is 5.67 Å². The molecule has 0 aromatic carbocycles. The fraction of sp³-hybridized carbons (Fsp3) is 0.750. The van der Waals surface area contributed by atoms with Crippen LogP contribution in [0.2, 0.25) is 18.1 Å². The first-order chi connectivity index (χ1) is 7.52. The van der Waals surface area contributed by atoms with Gasteiger partial charge < -0.3 is 11.1 Å². The van der Waals surface area contributed by atoms with E-state index >= 15 is 0 Å². The van der Waals surface area contributed by atoms with E-state index in [2.05, 4.69) is 32.7 Å². The number of carbonyl (C=O) groups excluding carboxylic acids is 1. The molecule has 0 saturated heterocycles. The third kappa shape index (κ3) is 4.49. The SMILES string of the molecule is C=CC(=O)NCCC[Si](CC)(CC)C(C)N. The molecule has 1 amide bonds. The van der Waals surface area contributed by atoms with Crippen LogP contribution in [0.3, 0.4) is 0 Å². The fourth-order valence-corrected chi connectivity index (χ4v) is 6.03. The van der Waals surface area contributed by atoms with Crippen molar-refractivity contribution in [3.63, 3.8) is 0 Å². The second-order valence-corrected chi connectivity index (χ2v) is 10.0. The van der Waals surface area contributed by atoms with Gasteiger partial charge in [0.25, 0.3) is 0 Å². The second kappa shape index (κ2) is 7.63. The van der Waals surface area contributed by atoms with Gasteiger partial charge in [-0.2, -0.15) is 0 Å². The van der Waals surface area contributed by atoms with Gasteiger partial charge in [0.05, 0.1) is 8.07 Å². The number of hydrogen-bond donors (Lipinski definition) is 2. The fourth-order valence-electron chi connectivity index (χ4n) is 2.20. The van der Waals surface area contributed by atoms with Crippen molar-refractivity contribution in [1.29, 1.82) is 0 Å². The van der Waals surface area contributed by atoms with Crippen LogP contribution >= 0.6 is 0 Å². The normalized spacial score (nSPS) is 13.2. The summed E-state index contributed by atoms with van der Waals surface area (Å²) < 4.78 is 0. The van der Waals surface area contributed by atoms with E-state index in [1.165, 1.54) is 24.2 Å². The van der Waals surface area contributed by atoms with E-state index in [1.807, 2.05) is 0 Å². The first-order valence-electron chi connectivity index (χ1n) is 6.18. The van der Waals surface area contributed by atoms with Crippen LogP contribution in [0, 0.1) is 0 Å². The monoisotopic (exact) mass is 242 g/mol. The van der Waals surface area contributed by atoms with E-state index in [-0.39, 0.29) is 5.91 Å². The van der Waals surface area contributed by atoms with E-state index < -0.39 is 8.07 Å². The van der Waals surface area contributed by atoms with Gasteiger partial charge in [0.1, 0.15) is 0 Å². The van der Waals surface area contributed by atoms with Crippen molar-refractivity contribution in [3.05, 3.63) is 12.7 Å². The number of rotatable bonds is 8. The summed E-state index contributed by atoms with van der Waals surface area (Å²) in [5, 5.41) is 2.82. The number of carbonyl (C=O) groups is 1. The third-order valence-corrected chi connectivity index (χ3v) is 9.81. The Morgan fingerprint density at radius 2 is 2.06 bits per heavy atom. The van der Waals surface area contributed by atoms with Gasteiger partial charge in [0, 0.05) is 6.54 Å². The molecule has 0 aliphatic heterocycles. The largest absolute Gasteiger partial charge is 0.353 e. The maximum absolute atomic E-state index is 11.0. The molecule has 0 heterocycles. The number of nitrogens with two attached hydrogens (primary N) is 1. The minimum Gasteiger partial charge on any atom is -0.353 e. The van der Waals surface area contributed by atoms with Crippen molar-refractivity contribution in [2.24, 2.45) is 5.73 Å². The van der Waals surface area contributed by atoms with Crippen molar-refractivity contribution in [1.82, 2.24) is 5.32 Å². The molecule has 3 N–H and O–H groups in total. The van der Waals surface area contributed by atoms with Gasteiger partial charge in [0.2, 0.25) is 5.91 Å². The summed E-state index contributed by atoms with van der Waals surface area (Å²) in [4.78, 5) is 11.0. The Labute approximate surface area is 100 Å². The Morgan fingerprint density at radius 3 is 2.44 bits per heavy atom. The molecular formula is C12H26N2OSi. The highest BCUT2D eigenvalue weighted by molar-refractivity contribution is 6.81. The van der Waals surface area contributed by atoms with Gasteiger partial charge in [0.15, 0.2) is 0 Å². The topological polar surface area (TPSA) is 55.1 Å². The summed E-state index contributed by atoms with van der Waals surface area (Å²) in [5.41, 5.74) is 6.46. The molecule has 94 valence electrons. The lowest BCUT2D eigenvalue weighted by molar-refractivity contribution is -0.116. The number of amides is 1. The second-order valence-electron chi connectivity index (χ2n) is 4.46. The van der Waals surface area contributed by atoms with Crippen molar-refractivity contribution < 1.29 is 4.79 Å². The lowest BCUT2D eigenvalue weighted by atomic mass is 10.4. The molecule has 0 aromatic heterocycles. The van der Waals surface area contributed by atoms with Crippen LogP contribution in [0.15, 0.2) is 12.7 Å². The van der Waals surface area contributed by atoms with Crippen LogP contribution in [0.1, 0.15) is 27.2 Å². The molecule has 3 nitrogen and oxygen atoms in total. The predicted octanol–water partition coefficient (Wildman–Crippen LogP) is 2.05. The van der Waals surface area contributed by atoms with Crippen molar-refractivity contribution in [2.75, 3.05) is 6.54 Å². The van der Waals surface area contributed by atoms with Crippen molar-refractivity contribution in [3.8, 4) is 0 Å². The predicted molar refractivity (Wildman–Crippen MR) is 73.0 cm³/mol. The Hall–Kier alpha value is -0.613. The molecule has 16 heavy (non-hydrogen) atoms. The lowest BCUT2D eigenvalue weighted by Gasteiger charge is -2.33. The molecule has 0 bridgehead atoms. The zero-order valence-corrected chi connectivity index (χ0v) is 11.9. The Bertz CT molecular complexity index is 225. The molecule has 0 fully saturated rings. The molecule has 0 spiro atoms. The maximum Gasteiger partial charge on any atom is 0.243 e. The molecular weight excluding hydrogens is 216 g/mol. The van der Waals surface area contributed by atoms with Gasteiger partial charge in [-0.05, 0) is 18.2 Å². The Balaban J connectivity index is 4.03. The summed E-state index contributed by atoms with van der Waals surface area (Å²) in [5.74, 6) is -0.0824. The van der Waals surface area contributed by atoms with Crippen molar-refractivity contribution >= 4 is 14.0 Å². The number of hydrogen-bond acceptors (Lipinski definition) is 2. The summed E-state index contributed by atoms with van der Waals surface area (Å²) >= 11 is 0. The zero-order valence-electron chi connectivity index (χ0n) is 10.9. The van der Waals surface area contributed by atoms with Crippen LogP contribution < -0.4 is 11.1 Å². The Kier molecular flexibility index (Phi) is 7.33. The minimum absolute atomic E-state index is 0.0824. The van der Waals surface area contributed by atoms with E-state index in [1.54, 1.807) is 0 Å². The molecule has 0 saturated carbocycles. The van der Waals surface area contributed by atoms with Gasteiger partial charge in [-0.1, -0.05) is 45.5 Å². The smallest absolute Gasteiger partial charge is 0.243 e. The summed E-state index contributed by atoms with van der Waals surface area (Å²) in [6.45, 7) is 10.8. The van der Waals surface area contributed by atoms with Gasteiger partial charge in [-0.25, -0.2) is 0 Å². The minimum atomic E-state index is -1.30. The first kappa shape index (κ1) is 15.4. The zero-order chi connectivity index (χ0) is 12.6. The van der Waals surface area contributed by atoms with Crippen molar-refractivity contribution in [2.45, 2.75) is 51.0 Å². The lowest BCUT2D eigenvalue weighted by Crippen LogP contribution is -2.50. The Morgan fingerprint density at radius 1 is 1.50 bits per heavy atom. The van der Waals surface area contributed by atoms with Crippen LogP contribution in [0.5, 0.6) is 0 Å². The molecule has 1 unspecified atom stereocenters. The van der Waals surface area contributed by atoms with E-state index in [0.717, 1.165) is 13.0 Å². The first-order valence-corrected chi connectivity index (χ1v) is 8.88. The molecule has 0 aliphatic carbocycles. The van der Waals surface area contributed by atoms with E-state index in [4.69, 9.17) is 5.73 Å². The van der Waals surface area contributed by atoms with Gasteiger partial charge in [-0.15, -0.1) is 0 Å². The molecule has 0 rings (SSSR count). The maximum atomic E-state index is 11.0. The molecule has 0 aromatic rings. The highest BCUT2D eigenvalue weighted by atomic mass is 28.3. The standard InChI is InChI=1S/C12H26N2OSi/c1-5-12(15)14-9-8-10-16(6-2,7-3)11(4)13/h5,11H,1,6-10,13H2,2-4H3,(H,14,15). The highest BCUT2D eigenvalue weighted by Gasteiger charge is 2.32. The average molecular weight is 242 g/mol. The number of nitrogens with one attached hydrogen (secondary N) is 1. The average Bonchev–Trinajstić information content (AvgIpc) is 2.29. The summed E-state index contributed by atoms with van der Waals surface area (Å²) in [6, 6.07) is 3.67. The third-order valence-electron chi connectivity index (χ3n) is 3.71. The summed E-state index contributed by atoms with van der Waals surface area (Å²) in [6.07, 6.45) is 2.35. The molecule has 0 aliphatic rings. The van der Waals surface area contributed by atoms with Crippen LogP contribution in [-0.2, 0) is 4.79 Å². The molecule has 1 atom stereocenters. The summed E-state index contributed by atoms with van der Waals surface area (Å²) in [7, 11) is -1.30. The van der Waals surface area contributed by atoms with Crippen LogP contribution in [0.4, 0.5) is 0 Å². The van der Waals surface area contributed by atoms with Gasteiger partial charge in [-0.3, -0.25) is 4.79 Å². The molecule has 0 radical (unpaired) electrons. The van der Waals surface area contributed by atoms with Gasteiger partial charge >= 0.3 is 0 Å². The highest BCUT2D eigenvalue weighted by Crippen LogP contribution is 2.24. The van der Waals surface area contributed by atoms with Crippen LogP contribution in [-0.4, -0.2) is 26.2 Å². The van der Waals surface area contributed by atoms with Crippen LogP contribution in [0.25, 0.3) is 0 Å².